The Labute approximate surface area is 148 Å². The van der Waals surface area contributed by atoms with Gasteiger partial charge in [0.25, 0.3) is 0 Å². The third-order valence-corrected chi connectivity index (χ3v) is 5.93. The van der Waals surface area contributed by atoms with Gasteiger partial charge in [-0.3, -0.25) is 4.90 Å². The highest BCUT2D eigenvalue weighted by Crippen LogP contribution is 2.25. The van der Waals surface area contributed by atoms with Crippen molar-refractivity contribution in [2.75, 3.05) is 50.7 Å². The molecule has 1 aromatic rings. The lowest BCUT2D eigenvalue weighted by molar-refractivity contribution is 0.229. The minimum absolute atomic E-state index is 0.885. The van der Waals surface area contributed by atoms with Gasteiger partial charge in [-0.15, -0.1) is 0 Å². The maximum absolute atomic E-state index is 2.58. The first-order chi connectivity index (χ1) is 11.8. The number of hydrogen-bond donors (Lipinski definition) is 0. The second kappa shape index (κ2) is 8.87. The van der Waals surface area contributed by atoms with Crippen LogP contribution in [0.1, 0.15) is 45.1 Å². The SMILES string of the molecule is CCN(CC)CC1CCN(c2ccc(CN3CCCC3)cc2)CC1. The highest BCUT2D eigenvalue weighted by atomic mass is 15.2. The number of nitrogens with zero attached hydrogens (tertiary/aromatic N) is 3. The topological polar surface area (TPSA) is 9.72 Å². The molecule has 0 spiro atoms. The Morgan fingerprint density at radius 1 is 0.917 bits per heavy atom. The van der Waals surface area contributed by atoms with Crippen molar-refractivity contribution >= 4 is 5.69 Å². The average Bonchev–Trinajstić information content (AvgIpc) is 3.14. The van der Waals surface area contributed by atoms with Gasteiger partial charge in [-0.1, -0.05) is 26.0 Å². The van der Waals surface area contributed by atoms with Crippen molar-refractivity contribution in [2.24, 2.45) is 5.92 Å². The summed E-state index contributed by atoms with van der Waals surface area (Å²) in [5, 5.41) is 0. The van der Waals surface area contributed by atoms with Crippen LogP contribution in [0.4, 0.5) is 5.69 Å². The molecule has 134 valence electrons. The second-order valence-electron chi connectivity index (χ2n) is 7.57. The molecule has 3 heteroatoms. The summed E-state index contributed by atoms with van der Waals surface area (Å²) in [6.07, 6.45) is 5.43. The molecule has 2 fully saturated rings. The predicted molar refractivity (Wildman–Crippen MR) is 104 cm³/mol. The molecule has 0 amide bonds. The molecular formula is C21H35N3. The van der Waals surface area contributed by atoms with E-state index >= 15 is 0 Å². The van der Waals surface area contributed by atoms with Gasteiger partial charge in [-0.25, -0.2) is 0 Å². The van der Waals surface area contributed by atoms with Crippen molar-refractivity contribution in [3.63, 3.8) is 0 Å². The fourth-order valence-corrected chi connectivity index (χ4v) is 4.23. The second-order valence-corrected chi connectivity index (χ2v) is 7.57. The number of benzene rings is 1. The van der Waals surface area contributed by atoms with E-state index in [4.69, 9.17) is 0 Å². The maximum atomic E-state index is 2.58. The summed E-state index contributed by atoms with van der Waals surface area (Å²) in [4.78, 5) is 7.74. The van der Waals surface area contributed by atoms with Crippen molar-refractivity contribution in [1.29, 1.82) is 0 Å². The summed E-state index contributed by atoms with van der Waals surface area (Å²) < 4.78 is 0. The summed E-state index contributed by atoms with van der Waals surface area (Å²) in [6.45, 7) is 14.4. The van der Waals surface area contributed by atoms with E-state index in [1.165, 1.54) is 82.7 Å². The Bertz CT molecular complexity index is 466. The molecular weight excluding hydrogens is 294 g/mol. The van der Waals surface area contributed by atoms with Crippen molar-refractivity contribution < 1.29 is 0 Å². The van der Waals surface area contributed by atoms with Gasteiger partial charge in [-0.05, 0) is 75.5 Å². The zero-order valence-electron chi connectivity index (χ0n) is 15.7. The van der Waals surface area contributed by atoms with Crippen molar-refractivity contribution in [3.8, 4) is 0 Å². The molecule has 2 heterocycles. The molecule has 0 saturated carbocycles. The lowest BCUT2D eigenvalue weighted by atomic mass is 9.95. The first kappa shape index (κ1) is 17.8. The van der Waals surface area contributed by atoms with Gasteiger partial charge >= 0.3 is 0 Å². The molecule has 24 heavy (non-hydrogen) atoms. The molecule has 2 saturated heterocycles. The van der Waals surface area contributed by atoms with E-state index in [0.717, 1.165) is 12.5 Å². The molecule has 0 aromatic heterocycles. The Balaban J connectivity index is 1.47. The molecule has 0 N–H and O–H groups in total. The van der Waals surface area contributed by atoms with E-state index in [0.29, 0.717) is 0 Å². The Morgan fingerprint density at radius 2 is 1.54 bits per heavy atom. The van der Waals surface area contributed by atoms with Crippen LogP contribution in [0.25, 0.3) is 0 Å². The fraction of sp³-hybridized carbons (Fsp3) is 0.714. The van der Waals surface area contributed by atoms with Crippen LogP contribution in [-0.2, 0) is 6.54 Å². The van der Waals surface area contributed by atoms with E-state index in [-0.39, 0.29) is 0 Å². The monoisotopic (exact) mass is 329 g/mol. The summed E-state index contributed by atoms with van der Waals surface area (Å²) in [6, 6.07) is 9.37. The van der Waals surface area contributed by atoms with Gasteiger partial charge in [0.2, 0.25) is 0 Å². The molecule has 0 aliphatic carbocycles. The lowest BCUT2D eigenvalue weighted by Crippen LogP contribution is -2.38. The van der Waals surface area contributed by atoms with Crippen molar-refractivity contribution in [1.82, 2.24) is 9.80 Å². The third-order valence-electron chi connectivity index (χ3n) is 5.93. The van der Waals surface area contributed by atoms with Crippen LogP contribution < -0.4 is 4.90 Å². The molecule has 0 unspecified atom stereocenters. The van der Waals surface area contributed by atoms with Gasteiger partial charge in [0.15, 0.2) is 0 Å². The summed E-state index contributed by atoms with van der Waals surface area (Å²) in [5.74, 6) is 0.885. The molecule has 2 aliphatic heterocycles. The van der Waals surface area contributed by atoms with Gasteiger partial charge < -0.3 is 9.80 Å². The van der Waals surface area contributed by atoms with Crippen LogP contribution >= 0.6 is 0 Å². The Hall–Kier alpha value is -1.06. The fourth-order valence-electron chi connectivity index (χ4n) is 4.23. The molecule has 0 radical (unpaired) electrons. The Morgan fingerprint density at radius 3 is 2.12 bits per heavy atom. The van der Waals surface area contributed by atoms with E-state index in [1.807, 2.05) is 0 Å². The smallest absolute Gasteiger partial charge is 0.0366 e. The van der Waals surface area contributed by atoms with Crippen LogP contribution in [0.15, 0.2) is 24.3 Å². The van der Waals surface area contributed by atoms with Crippen molar-refractivity contribution in [3.05, 3.63) is 29.8 Å². The molecule has 3 rings (SSSR count). The molecule has 0 bridgehead atoms. The number of hydrogen-bond acceptors (Lipinski definition) is 3. The van der Waals surface area contributed by atoms with Gasteiger partial charge in [0.05, 0.1) is 0 Å². The highest BCUT2D eigenvalue weighted by molar-refractivity contribution is 5.48. The van der Waals surface area contributed by atoms with Crippen LogP contribution in [0.3, 0.4) is 0 Å². The van der Waals surface area contributed by atoms with E-state index in [9.17, 15) is 0 Å². The normalized spacial score (nSPS) is 20.2. The predicted octanol–water partition coefficient (Wildman–Crippen LogP) is 3.84. The van der Waals surface area contributed by atoms with Crippen LogP contribution in [0, 0.1) is 5.92 Å². The number of rotatable bonds is 7. The van der Waals surface area contributed by atoms with Crippen molar-refractivity contribution in [2.45, 2.75) is 46.1 Å². The van der Waals surface area contributed by atoms with Crippen LogP contribution in [-0.4, -0.2) is 55.6 Å². The van der Waals surface area contributed by atoms with E-state index < -0.39 is 0 Å². The summed E-state index contributed by atoms with van der Waals surface area (Å²) in [7, 11) is 0. The standard InChI is InChI=1S/C21H35N3/c1-3-22(4-2)17-20-11-15-24(16-12-20)21-9-7-19(8-10-21)18-23-13-5-6-14-23/h7-10,20H,3-6,11-18H2,1-2H3. The largest absolute Gasteiger partial charge is 0.372 e. The van der Waals surface area contributed by atoms with E-state index in [2.05, 4.69) is 52.8 Å². The first-order valence-corrected chi connectivity index (χ1v) is 10.1. The Kier molecular flexibility index (Phi) is 6.56. The lowest BCUT2D eigenvalue weighted by Gasteiger charge is -2.35. The minimum atomic E-state index is 0.885. The summed E-state index contributed by atoms with van der Waals surface area (Å²) >= 11 is 0. The molecule has 1 aromatic carbocycles. The zero-order chi connectivity index (χ0) is 16.8. The zero-order valence-corrected chi connectivity index (χ0v) is 15.7. The first-order valence-electron chi connectivity index (χ1n) is 10.1. The maximum Gasteiger partial charge on any atom is 0.0366 e. The molecule has 0 atom stereocenters. The quantitative estimate of drug-likeness (QED) is 0.752. The molecule has 2 aliphatic rings. The summed E-state index contributed by atoms with van der Waals surface area (Å²) in [5.41, 5.74) is 2.89. The van der Waals surface area contributed by atoms with Gasteiger partial charge in [0, 0.05) is 31.9 Å². The highest BCUT2D eigenvalue weighted by Gasteiger charge is 2.21. The minimum Gasteiger partial charge on any atom is -0.372 e. The number of likely N-dealkylation sites (tertiary alicyclic amines) is 1. The van der Waals surface area contributed by atoms with Crippen LogP contribution in [0.5, 0.6) is 0 Å². The van der Waals surface area contributed by atoms with Gasteiger partial charge in [0.1, 0.15) is 0 Å². The third kappa shape index (κ3) is 4.73. The number of piperidine rings is 1. The van der Waals surface area contributed by atoms with E-state index in [1.54, 1.807) is 0 Å². The van der Waals surface area contributed by atoms with Crippen LogP contribution in [0.2, 0.25) is 0 Å². The number of anilines is 1. The molecule has 3 nitrogen and oxygen atoms in total. The average molecular weight is 330 g/mol. The van der Waals surface area contributed by atoms with Gasteiger partial charge in [-0.2, -0.15) is 0 Å².